The van der Waals surface area contributed by atoms with E-state index in [4.69, 9.17) is 0 Å². The molecule has 3 nitrogen and oxygen atoms in total. The highest BCUT2D eigenvalue weighted by atomic mass is 16.5. The first kappa shape index (κ1) is 7.75. The molecule has 0 saturated carbocycles. The molecule has 0 aromatic carbocycles. The smallest absolute Gasteiger partial charge is 0.245 e. The van der Waals surface area contributed by atoms with Crippen molar-refractivity contribution in [1.29, 1.82) is 0 Å². The summed E-state index contributed by atoms with van der Waals surface area (Å²) in [6.07, 6.45) is 2.43. The van der Waals surface area contributed by atoms with Gasteiger partial charge in [0, 0.05) is 0 Å². The zero-order valence-corrected chi connectivity index (χ0v) is 5.09. The molecule has 9 heavy (non-hydrogen) atoms. The molecule has 0 bridgehead atoms. The molecule has 1 amide bonds. The van der Waals surface area contributed by atoms with E-state index in [2.05, 4.69) is 23.2 Å². The van der Waals surface area contributed by atoms with Crippen molar-refractivity contribution in [2.45, 2.75) is 0 Å². The zero-order valence-electron chi connectivity index (χ0n) is 5.09. The predicted octanol–water partition coefficient (Wildman–Crippen LogP) is 0.406. The normalized spacial score (nSPS) is 7.56. The van der Waals surface area contributed by atoms with Crippen molar-refractivity contribution in [1.82, 2.24) is 5.32 Å². The third kappa shape index (κ3) is 4.61. The number of ether oxygens (including phenoxy) is 1. The van der Waals surface area contributed by atoms with Crippen LogP contribution in [0, 0.1) is 0 Å². The van der Waals surface area contributed by atoms with Crippen LogP contribution < -0.4 is 5.32 Å². The number of rotatable bonds is 4. The number of carbonyl (C=O) groups excluding carboxylic acids is 1. The molecule has 0 heterocycles. The molecule has 0 radical (unpaired) electrons. The third-order valence-electron chi connectivity index (χ3n) is 0.633. The fourth-order valence-electron chi connectivity index (χ4n) is 0.244. The standard InChI is InChI=1S/C6H9NO2/c1-3-6(8)7-5-9-4-2/h3-4H,1-2,5H2,(H,7,8). The van der Waals surface area contributed by atoms with Gasteiger partial charge in [0.2, 0.25) is 5.91 Å². The van der Waals surface area contributed by atoms with E-state index >= 15 is 0 Å². The van der Waals surface area contributed by atoms with E-state index in [0.717, 1.165) is 0 Å². The van der Waals surface area contributed by atoms with Crippen molar-refractivity contribution < 1.29 is 9.53 Å². The Morgan fingerprint density at radius 3 is 2.78 bits per heavy atom. The third-order valence-corrected chi connectivity index (χ3v) is 0.633. The van der Waals surface area contributed by atoms with Crippen molar-refractivity contribution in [3.05, 3.63) is 25.5 Å². The van der Waals surface area contributed by atoms with Crippen LogP contribution in [0.1, 0.15) is 0 Å². The van der Waals surface area contributed by atoms with Crippen molar-refractivity contribution in [2.24, 2.45) is 0 Å². The number of nitrogens with one attached hydrogen (secondary N) is 1. The van der Waals surface area contributed by atoms with E-state index in [9.17, 15) is 4.79 Å². The van der Waals surface area contributed by atoms with Crippen LogP contribution in [0.15, 0.2) is 25.5 Å². The number of carbonyl (C=O) groups is 1. The summed E-state index contributed by atoms with van der Waals surface area (Å²) >= 11 is 0. The second-order valence-electron chi connectivity index (χ2n) is 1.22. The van der Waals surface area contributed by atoms with Gasteiger partial charge in [-0.2, -0.15) is 0 Å². The summed E-state index contributed by atoms with van der Waals surface area (Å²) in [5.74, 6) is -0.253. The van der Waals surface area contributed by atoms with Crippen LogP contribution in [0.4, 0.5) is 0 Å². The van der Waals surface area contributed by atoms with Gasteiger partial charge in [0.25, 0.3) is 0 Å². The van der Waals surface area contributed by atoms with Crippen LogP contribution >= 0.6 is 0 Å². The van der Waals surface area contributed by atoms with Gasteiger partial charge in [-0.15, -0.1) is 0 Å². The molecule has 0 aliphatic rings. The quantitative estimate of drug-likeness (QED) is 0.257. The van der Waals surface area contributed by atoms with Crippen LogP contribution in [0.2, 0.25) is 0 Å². The van der Waals surface area contributed by atoms with E-state index in [0.29, 0.717) is 0 Å². The number of hydrogen-bond acceptors (Lipinski definition) is 2. The minimum atomic E-state index is -0.253. The maximum absolute atomic E-state index is 10.3. The first-order valence-electron chi connectivity index (χ1n) is 2.44. The van der Waals surface area contributed by atoms with Crippen LogP contribution in [-0.2, 0) is 9.53 Å². The Hall–Kier alpha value is -1.25. The number of hydrogen-bond donors (Lipinski definition) is 1. The Morgan fingerprint density at radius 2 is 2.33 bits per heavy atom. The predicted molar refractivity (Wildman–Crippen MR) is 34.5 cm³/mol. The summed E-state index contributed by atoms with van der Waals surface area (Å²) in [6, 6.07) is 0. The van der Waals surface area contributed by atoms with E-state index in [-0.39, 0.29) is 12.6 Å². The van der Waals surface area contributed by atoms with Gasteiger partial charge >= 0.3 is 0 Å². The second kappa shape index (κ2) is 4.90. The minimum absolute atomic E-state index is 0.147. The molecular weight excluding hydrogens is 118 g/mol. The summed E-state index contributed by atoms with van der Waals surface area (Å²) in [4.78, 5) is 10.3. The van der Waals surface area contributed by atoms with E-state index in [1.54, 1.807) is 0 Å². The second-order valence-corrected chi connectivity index (χ2v) is 1.22. The van der Waals surface area contributed by atoms with E-state index < -0.39 is 0 Å². The average molecular weight is 127 g/mol. The molecule has 0 spiro atoms. The fourth-order valence-corrected chi connectivity index (χ4v) is 0.244. The monoisotopic (exact) mass is 127 g/mol. The van der Waals surface area contributed by atoms with Gasteiger partial charge in [-0.1, -0.05) is 13.2 Å². The lowest BCUT2D eigenvalue weighted by atomic mass is 10.6. The highest BCUT2D eigenvalue weighted by Gasteiger charge is 1.87. The van der Waals surface area contributed by atoms with Gasteiger partial charge in [-0.25, -0.2) is 0 Å². The first-order chi connectivity index (χ1) is 4.31. The van der Waals surface area contributed by atoms with Crippen LogP contribution in [0.5, 0.6) is 0 Å². The van der Waals surface area contributed by atoms with Crippen LogP contribution in [0.25, 0.3) is 0 Å². The summed E-state index contributed by atoms with van der Waals surface area (Å²) in [7, 11) is 0. The summed E-state index contributed by atoms with van der Waals surface area (Å²) in [6.45, 7) is 6.68. The largest absolute Gasteiger partial charge is 0.481 e. The van der Waals surface area contributed by atoms with Crippen LogP contribution in [-0.4, -0.2) is 12.6 Å². The van der Waals surface area contributed by atoms with Gasteiger partial charge in [0.15, 0.2) is 6.73 Å². The van der Waals surface area contributed by atoms with Gasteiger partial charge in [-0.05, 0) is 6.08 Å². The molecule has 0 atom stereocenters. The topological polar surface area (TPSA) is 38.3 Å². The van der Waals surface area contributed by atoms with Gasteiger partial charge in [0.05, 0.1) is 6.26 Å². The summed E-state index contributed by atoms with van der Waals surface area (Å²) in [5.41, 5.74) is 0. The number of amides is 1. The van der Waals surface area contributed by atoms with Crippen LogP contribution in [0.3, 0.4) is 0 Å². The Kier molecular flexibility index (Phi) is 4.22. The Bertz CT molecular complexity index is 120. The lowest BCUT2D eigenvalue weighted by Gasteiger charge is -1.98. The summed E-state index contributed by atoms with van der Waals surface area (Å²) < 4.78 is 4.59. The van der Waals surface area contributed by atoms with Crippen molar-refractivity contribution in [3.63, 3.8) is 0 Å². The van der Waals surface area contributed by atoms with Gasteiger partial charge in [0.1, 0.15) is 0 Å². The molecular formula is C6H9NO2. The Balaban J connectivity index is 3.16. The molecule has 0 aliphatic carbocycles. The average Bonchev–Trinajstić information content (AvgIpc) is 1.89. The highest BCUT2D eigenvalue weighted by molar-refractivity contribution is 5.86. The molecule has 0 aromatic rings. The molecule has 3 heteroatoms. The molecule has 0 aliphatic heterocycles. The Labute approximate surface area is 54.0 Å². The maximum atomic E-state index is 10.3. The minimum Gasteiger partial charge on any atom is -0.481 e. The molecule has 0 saturated heterocycles. The van der Waals surface area contributed by atoms with E-state index in [1.807, 2.05) is 0 Å². The fraction of sp³-hybridized carbons (Fsp3) is 0.167. The zero-order chi connectivity index (χ0) is 7.11. The van der Waals surface area contributed by atoms with Crippen molar-refractivity contribution in [2.75, 3.05) is 6.73 Å². The molecule has 50 valence electrons. The lowest BCUT2D eigenvalue weighted by Crippen LogP contribution is -2.22. The highest BCUT2D eigenvalue weighted by Crippen LogP contribution is 1.69. The molecule has 0 fully saturated rings. The molecule has 0 unspecified atom stereocenters. The molecule has 0 aromatic heterocycles. The lowest BCUT2D eigenvalue weighted by molar-refractivity contribution is -0.117. The summed E-state index contributed by atoms with van der Waals surface area (Å²) in [5, 5.41) is 2.38. The molecule has 1 N–H and O–H groups in total. The van der Waals surface area contributed by atoms with Crippen molar-refractivity contribution in [3.8, 4) is 0 Å². The maximum Gasteiger partial charge on any atom is 0.245 e. The Morgan fingerprint density at radius 1 is 1.67 bits per heavy atom. The van der Waals surface area contributed by atoms with Gasteiger partial charge < -0.3 is 10.1 Å². The first-order valence-corrected chi connectivity index (χ1v) is 2.44. The van der Waals surface area contributed by atoms with Crippen molar-refractivity contribution >= 4 is 5.91 Å². The SMILES string of the molecule is C=COCNC(=O)C=C. The van der Waals surface area contributed by atoms with Gasteiger partial charge in [-0.3, -0.25) is 4.79 Å². The van der Waals surface area contributed by atoms with E-state index in [1.165, 1.54) is 12.3 Å². The molecule has 0 rings (SSSR count).